The van der Waals surface area contributed by atoms with Crippen molar-refractivity contribution in [2.24, 2.45) is 0 Å². The molecule has 0 aliphatic carbocycles. The van der Waals surface area contributed by atoms with Gasteiger partial charge in [-0.1, -0.05) is 22.0 Å². The zero-order valence-corrected chi connectivity index (χ0v) is 10.2. The summed E-state index contributed by atoms with van der Waals surface area (Å²) in [7, 11) is 3.68. The van der Waals surface area contributed by atoms with Gasteiger partial charge in [-0.3, -0.25) is 0 Å². The molecule has 1 N–H and O–H groups in total. The van der Waals surface area contributed by atoms with Gasteiger partial charge in [0.25, 0.3) is 0 Å². The van der Waals surface area contributed by atoms with Crippen LogP contribution in [-0.2, 0) is 6.42 Å². The summed E-state index contributed by atoms with van der Waals surface area (Å²) in [4.78, 5) is 0. The minimum atomic E-state index is 0.968. The number of hydrogen-bond donors (Lipinski definition) is 1. The molecule has 0 bridgehead atoms. The summed E-state index contributed by atoms with van der Waals surface area (Å²) in [5.41, 5.74) is 1.25. The highest BCUT2D eigenvalue weighted by Gasteiger charge is 2.05. The second-order valence-electron chi connectivity index (χ2n) is 3.13. The summed E-state index contributed by atoms with van der Waals surface area (Å²) in [6.45, 7) is 1.03. The largest absolute Gasteiger partial charge is 0.496 e. The van der Waals surface area contributed by atoms with E-state index in [0.29, 0.717) is 0 Å². The van der Waals surface area contributed by atoms with Crippen LogP contribution in [0.1, 0.15) is 12.0 Å². The monoisotopic (exact) mass is 257 g/mol. The van der Waals surface area contributed by atoms with Gasteiger partial charge in [0.2, 0.25) is 0 Å². The molecule has 0 fully saturated rings. The van der Waals surface area contributed by atoms with E-state index < -0.39 is 0 Å². The molecule has 0 aromatic heterocycles. The fourth-order valence-electron chi connectivity index (χ4n) is 1.41. The quantitative estimate of drug-likeness (QED) is 0.820. The molecule has 1 rings (SSSR count). The molecular formula is C11H16BrNO. The van der Waals surface area contributed by atoms with Crippen LogP contribution in [0.3, 0.4) is 0 Å². The Morgan fingerprint density at radius 1 is 1.43 bits per heavy atom. The summed E-state index contributed by atoms with van der Waals surface area (Å²) in [6.07, 6.45) is 2.15. The normalized spacial score (nSPS) is 10.2. The molecule has 0 radical (unpaired) electrons. The maximum absolute atomic E-state index is 5.31. The summed E-state index contributed by atoms with van der Waals surface area (Å²) >= 11 is 3.54. The molecule has 78 valence electrons. The topological polar surface area (TPSA) is 21.3 Å². The third kappa shape index (κ3) is 3.00. The van der Waals surface area contributed by atoms with Crippen LogP contribution < -0.4 is 10.1 Å². The van der Waals surface area contributed by atoms with Crippen LogP contribution in [0.4, 0.5) is 0 Å². The van der Waals surface area contributed by atoms with Gasteiger partial charge in [-0.2, -0.15) is 0 Å². The van der Waals surface area contributed by atoms with Crippen LogP contribution in [0.5, 0.6) is 5.75 Å². The Morgan fingerprint density at radius 2 is 2.21 bits per heavy atom. The molecule has 1 aromatic rings. The van der Waals surface area contributed by atoms with E-state index >= 15 is 0 Å². The van der Waals surface area contributed by atoms with E-state index in [-0.39, 0.29) is 0 Å². The predicted octanol–water partition coefficient (Wildman–Crippen LogP) is 2.61. The van der Waals surface area contributed by atoms with Crippen LogP contribution in [-0.4, -0.2) is 20.7 Å². The summed E-state index contributed by atoms with van der Waals surface area (Å²) in [5, 5.41) is 3.14. The molecule has 3 heteroatoms. The molecule has 0 aliphatic rings. The molecule has 14 heavy (non-hydrogen) atoms. The third-order valence-electron chi connectivity index (χ3n) is 2.15. The maximum atomic E-state index is 5.31. The van der Waals surface area contributed by atoms with Crippen LogP contribution >= 0.6 is 15.9 Å². The van der Waals surface area contributed by atoms with E-state index in [1.807, 2.05) is 19.2 Å². The minimum absolute atomic E-state index is 0.968. The zero-order chi connectivity index (χ0) is 10.4. The van der Waals surface area contributed by atoms with Gasteiger partial charge in [0, 0.05) is 10.0 Å². The fraction of sp³-hybridized carbons (Fsp3) is 0.455. The lowest BCUT2D eigenvalue weighted by atomic mass is 10.1. The number of nitrogens with one attached hydrogen (secondary N) is 1. The van der Waals surface area contributed by atoms with Crippen molar-refractivity contribution in [1.82, 2.24) is 5.32 Å². The van der Waals surface area contributed by atoms with Gasteiger partial charge in [-0.25, -0.2) is 0 Å². The van der Waals surface area contributed by atoms with Crippen molar-refractivity contribution >= 4 is 15.9 Å². The van der Waals surface area contributed by atoms with E-state index in [4.69, 9.17) is 4.74 Å². The van der Waals surface area contributed by atoms with Gasteiger partial charge in [0.05, 0.1) is 7.11 Å². The molecule has 0 saturated carbocycles. The van der Waals surface area contributed by atoms with Crippen molar-refractivity contribution in [2.45, 2.75) is 12.8 Å². The van der Waals surface area contributed by atoms with Crippen LogP contribution in [0.25, 0.3) is 0 Å². The first-order valence-corrected chi connectivity index (χ1v) is 5.55. The van der Waals surface area contributed by atoms with Crippen molar-refractivity contribution in [3.8, 4) is 5.75 Å². The molecule has 0 amide bonds. The Labute approximate surface area is 93.8 Å². The summed E-state index contributed by atoms with van der Waals surface area (Å²) < 4.78 is 6.44. The van der Waals surface area contributed by atoms with E-state index in [1.165, 1.54) is 5.56 Å². The number of rotatable bonds is 5. The van der Waals surface area contributed by atoms with Crippen molar-refractivity contribution in [2.75, 3.05) is 20.7 Å². The van der Waals surface area contributed by atoms with Gasteiger partial charge >= 0.3 is 0 Å². The maximum Gasteiger partial charge on any atom is 0.123 e. The number of halogens is 1. The molecule has 0 aliphatic heterocycles. The number of ether oxygens (including phenoxy) is 1. The first-order valence-electron chi connectivity index (χ1n) is 4.75. The Bertz CT molecular complexity index is 289. The second kappa shape index (κ2) is 6.04. The summed E-state index contributed by atoms with van der Waals surface area (Å²) in [5.74, 6) is 0.968. The van der Waals surface area contributed by atoms with E-state index in [1.54, 1.807) is 7.11 Å². The molecule has 0 heterocycles. The molecule has 0 unspecified atom stereocenters. The van der Waals surface area contributed by atoms with Crippen LogP contribution in [0, 0.1) is 0 Å². The first kappa shape index (κ1) is 11.5. The standard InChI is InChI=1S/C11H16BrNO/c1-13-8-4-5-9-10(12)6-3-7-11(9)14-2/h3,6-7,13H,4-5,8H2,1-2H3. The average molecular weight is 258 g/mol. The van der Waals surface area contributed by atoms with E-state index in [2.05, 4.69) is 27.3 Å². The highest BCUT2D eigenvalue weighted by molar-refractivity contribution is 9.10. The van der Waals surface area contributed by atoms with E-state index in [0.717, 1.165) is 29.6 Å². The Morgan fingerprint density at radius 3 is 2.86 bits per heavy atom. The van der Waals surface area contributed by atoms with Crippen molar-refractivity contribution < 1.29 is 4.74 Å². The minimum Gasteiger partial charge on any atom is -0.496 e. The van der Waals surface area contributed by atoms with Gasteiger partial charge in [-0.05, 0) is 38.6 Å². The Balaban J connectivity index is 2.72. The fourth-order valence-corrected chi connectivity index (χ4v) is 1.96. The molecule has 0 spiro atoms. The first-order chi connectivity index (χ1) is 6.79. The van der Waals surface area contributed by atoms with Crippen molar-refractivity contribution in [3.63, 3.8) is 0 Å². The summed E-state index contributed by atoms with van der Waals surface area (Å²) in [6, 6.07) is 6.04. The van der Waals surface area contributed by atoms with Crippen molar-refractivity contribution in [1.29, 1.82) is 0 Å². The second-order valence-corrected chi connectivity index (χ2v) is 3.98. The lowest BCUT2D eigenvalue weighted by Gasteiger charge is -2.09. The SMILES string of the molecule is CNCCCc1c(Br)cccc1OC. The smallest absolute Gasteiger partial charge is 0.123 e. The Kier molecular flexibility index (Phi) is 4.98. The van der Waals surface area contributed by atoms with Gasteiger partial charge in [-0.15, -0.1) is 0 Å². The number of benzene rings is 1. The van der Waals surface area contributed by atoms with Crippen LogP contribution in [0.2, 0.25) is 0 Å². The van der Waals surface area contributed by atoms with Crippen molar-refractivity contribution in [3.05, 3.63) is 28.2 Å². The lowest BCUT2D eigenvalue weighted by molar-refractivity contribution is 0.408. The highest BCUT2D eigenvalue weighted by Crippen LogP contribution is 2.27. The number of hydrogen-bond acceptors (Lipinski definition) is 2. The van der Waals surface area contributed by atoms with Gasteiger partial charge in [0.15, 0.2) is 0 Å². The molecular weight excluding hydrogens is 242 g/mol. The van der Waals surface area contributed by atoms with Crippen LogP contribution in [0.15, 0.2) is 22.7 Å². The molecule has 0 saturated heterocycles. The van der Waals surface area contributed by atoms with Gasteiger partial charge in [0.1, 0.15) is 5.75 Å². The molecule has 0 atom stereocenters. The zero-order valence-electron chi connectivity index (χ0n) is 8.64. The number of methoxy groups -OCH3 is 1. The van der Waals surface area contributed by atoms with Gasteiger partial charge < -0.3 is 10.1 Å². The Hall–Kier alpha value is -0.540. The highest BCUT2D eigenvalue weighted by atomic mass is 79.9. The molecule has 1 aromatic carbocycles. The van der Waals surface area contributed by atoms with E-state index in [9.17, 15) is 0 Å². The molecule has 2 nitrogen and oxygen atoms in total. The average Bonchev–Trinajstić information content (AvgIpc) is 2.20. The third-order valence-corrected chi connectivity index (χ3v) is 2.89. The lowest BCUT2D eigenvalue weighted by Crippen LogP contribution is -2.08. The predicted molar refractivity (Wildman–Crippen MR) is 62.9 cm³/mol.